The van der Waals surface area contributed by atoms with Crippen molar-refractivity contribution >= 4 is 30.1 Å². The van der Waals surface area contributed by atoms with Crippen molar-refractivity contribution in [3.05, 3.63) is 12.0 Å². The molecule has 0 N–H and O–H groups in total. The number of halogens is 1. The average molecular weight is 392 g/mol. The zero-order valence-corrected chi connectivity index (χ0v) is 17.4. The first kappa shape index (κ1) is 19.8. The zero-order valence-electron chi connectivity index (χ0n) is 17.4. The highest BCUT2D eigenvalue weighted by molar-refractivity contribution is 6.64. The number of amides is 2. The molecule has 2 saturated heterocycles. The van der Waals surface area contributed by atoms with Gasteiger partial charge in [-0.25, -0.2) is 23.6 Å². The summed E-state index contributed by atoms with van der Waals surface area (Å²) in [4.78, 5) is 19.2. The summed E-state index contributed by atoms with van der Waals surface area (Å²) in [5.74, 6) is -0.115. The van der Waals surface area contributed by atoms with E-state index in [1.54, 1.807) is 19.0 Å². The first-order valence-electron chi connectivity index (χ1n) is 9.81. The molecule has 7 nitrogen and oxygen atoms in total. The molecule has 4 rings (SSSR count). The lowest BCUT2D eigenvalue weighted by molar-refractivity contribution is 0.00578. The molecule has 2 fully saturated rings. The molecular formula is C19H28BFN3O4+. The Morgan fingerprint density at radius 1 is 1.21 bits per heavy atom. The Labute approximate surface area is 165 Å². The normalized spacial score (nSPS) is 28.0. The summed E-state index contributed by atoms with van der Waals surface area (Å²) in [5, 5.41) is 0. The Kier molecular flexibility index (Phi) is 4.39. The second-order valence-electron chi connectivity index (χ2n) is 9.21. The molecule has 152 valence electrons. The minimum absolute atomic E-state index is 0.167. The second kappa shape index (κ2) is 6.22. The van der Waals surface area contributed by atoms with E-state index >= 15 is 4.39 Å². The van der Waals surface area contributed by atoms with Gasteiger partial charge >= 0.3 is 13.1 Å². The number of hydrogen-bond acceptors (Lipinski definition) is 5. The number of hydrogen-bond donors (Lipinski definition) is 0. The van der Waals surface area contributed by atoms with Crippen LogP contribution in [0.4, 0.5) is 20.7 Å². The number of aromatic nitrogens is 1. The van der Waals surface area contributed by atoms with Crippen molar-refractivity contribution in [2.24, 2.45) is 0 Å². The Balaban J connectivity index is 1.84. The van der Waals surface area contributed by atoms with E-state index in [9.17, 15) is 4.79 Å². The van der Waals surface area contributed by atoms with Crippen molar-refractivity contribution in [2.45, 2.75) is 64.4 Å². The zero-order chi connectivity index (χ0) is 20.5. The van der Waals surface area contributed by atoms with Gasteiger partial charge in [0.05, 0.1) is 37.0 Å². The fourth-order valence-electron chi connectivity index (χ4n) is 4.04. The number of fused-ring (bicyclic) bond motifs is 1. The fraction of sp³-hybridized carbons (Fsp3) is 0.684. The fourth-order valence-corrected chi connectivity index (χ4v) is 4.04. The summed E-state index contributed by atoms with van der Waals surface area (Å²) < 4.78 is 32.9. The largest absolute Gasteiger partial charge is 0.504 e. The lowest BCUT2D eigenvalue weighted by atomic mass is 9.77. The molecule has 3 aliphatic rings. The van der Waals surface area contributed by atoms with E-state index < -0.39 is 24.1 Å². The van der Waals surface area contributed by atoms with Crippen LogP contribution in [-0.2, 0) is 14.0 Å². The summed E-state index contributed by atoms with van der Waals surface area (Å²) in [6.45, 7) is 8.26. The van der Waals surface area contributed by atoms with Gasteiger partial charge in [0.25, 0.3) is 0 Å². The maximum Gasteiger partial charge on any atom is 0.504 e. The van der Waals surface area contributed by atoms with Crippen LogP contribution >= 0.6 is 0 Å². The smallest absolute Gasteiger partial charge is 0.399 e. The molecule has 28 heavy (non-hydrogen) atoms. The number of pyridine rings is 1. The van der Waals surface area contributed by atoms with Gasteiger partial charge in [0.15, 0.2) is 5.69 Å². The Bertz CT molecular complexity index is 808. The van der Waals surface area contributed by atoms with E-state index in [0.29, 0.717) is 18.1 Å². The van der Waals surface area contributed by atoms with Crippen molar-refractivity contribution in [3.8, 4) is 0 Å². The maximum atomic E-state index is 15.0. The highest BCUT2D eigenvalue weighted by Crippen LogP contribution is 2.43. The minimum atomic E-state index is -0.917. The van der Waals surface area contributed by atoms with Crippen molar-refractivity contribution in [1.29, 1.82) is 0 Å². The van der Waals surface area contributed by atoms with Crippen molar-refractivity contribution < 1.29 is 23.2 Å². The highest BCUT2D eigenvalue weighted by atomic mass is 19.1. The summed E-state index contributed by atoms with van der Waals surface area (Å²) >= 11 is 0. The monoisotopic (exact) mass is 392 g/mol. The topological polar surface area (TPSA) is 60.9 Å². The number of carbonyl (C=O) groups excluding carboxylic acids is 1. The predicted molar refractivity (Wildman–Crippen MR) is 105 cm³/mol. The number of urea groups is 1. The van der Waals surface area contributed by atoms with Crippen LogP contribution in [0, 0.1) is 5.82 Å². The van der Waals surface area contributed by atoms with Crippen LogP contribution in [0.15, 0.2) is 6.20 Å². The van der Waals surface area contributed by atoms with Crippen molar-refractivity contribution in [3.63, 3.8) is 0 Å². The molecule has 1 atom stereocenters. The lowest BCUT2D eigenvalue weighted by Gasteiger charge is -2.32. The summed E-state index contributed by atoms with van der Waals surface area (Å²) in [5.41, 5.74) is -0.531. The van der Waals surface area contributed by atoms with E-state index in [4.69, 9.17) is 14.0 Å². The van der Waals surface area contributed by atoms with Crippen LogP contribution in [0.2, 0.25) is 0 Å². The first-order valence-corrected chi connectivity index (χ1v) is 9.81. The molecule has 1 aromatic rings. The van der Waals surface area contributed by atoms with Crippen LogP contribution in [0.25, 0.3) is 0 Å². The van der Waals surface area contributed by atoms with Crippen LogP contribution in [0.5, 0.6) is 0 Å². The molecule has 9 heteroatoms. The van der Waals surface area contributed by atoms with Gasteiger partial charge in [0.1, 0.15) is 12.0 Å². The third kappa shape index (κ3) is 2.71. The van der Waals surface area contributed by atoms with E-state index in [1.807, 2.05) is 27.7 Å². The summed E-state index contributed by atoms with van der Waals surface area (Å²) in [6, 6.07) is -0.197. The quantitative estimate of drug-likeness (QED) is 0.572. The molecule has 0 saturated carbocycles. The average Bonchev–Trinajstić information content (AvgIpc) is 2.95. The van der Waals surface area contributed by atoms with Gasteiger partial charge in [-0.15, -0.1) is 0 Å². The number of carbonyl (C=O) groups is 1. The van der Waals surface area contributed by atoms with Crippen molar-refractivity contribution in [2.75, 3.05) is 25.6 Å². The molecule has 0 aromatic carbocycles. The van der Waals surface area contributed by atoms with Gasteiger partial charge in [-0.1, -0.05) is 0 Å². The molecule has 0 bridgehead atoms. The molecule has 2 amide bonds. The first-order chi connectivity index (χ1) is 13.0. The SMILES string of the molecule is CC1(C)OB(c2c(F)cnc3c2[N+](C)(C)C(=O)N3C2CCCCO2)OC1(C)C. The minimum Gasteiger partial charge on any atom is -0.399 e. The molecule has 1 aromatic heterocycles. The number of anilines is 1. The van der Waals surface area contributed by atoms with Crippen LogP contribution in [0.3, 0.4) is 0 Å². The standard InChI is InChI=1S/C19H28BFN3O4/c1-18(2)19(3,4)28-20(27-18)14-12(21)11-22-16-15(14)24(5,6)17(25)23(16)13-9-7-8-10-26-13/h11,13H,7-10H2,1-6H3/q+1. The Morgan fingerprint density at radius 2 is 1.86 bits per heavy atom. The van der Waals surface area contributed by atoms with Crippen LogP contribution in [0.1, 0.15) is 47.0 Å². The summed E-state index contributed by atoms with van der Waals surface area (Å²) in [7, 11) is 2.55. The van der Waals surface area contributed by atoms with Crippen LogP contribution in [-0.4, -0.2) is 56.3 Å². The molecule has 1 unspecified atom stereocenters. The highest BCUT2D eigenvalue weighted by Gasteiger charge is 2.59. The van der Waals surface area contributed by atoms with Gasteiger partial charge in [-0.2, -0.15) is 0 Å². The van der Waals surface area contributed by atoms with Gasteiger partial charge < -0.3 is 14.0 Å². The molecular weight excluding hydrogens is 364 g/mol. The molecule has 0 aliphatic carbocycles. The van der Waals surface area contributed by atoms with Gasteiger partial charge in [-0.05, 0) is 47.0 Å². The second-order valence-corrected chi connectivity index (χ2v) is 9.21. The van der Waals surface area contributed by atoms with Gasteiger partial charge in [0.2, 0.25) is 5.82 Å². The number of ether oxygens (including phenoxy) is 1. The van der Waals surface area contributed by atoms with E-state index in [-0.39, 0.29) is 22.2 Å². The Morgan fingerprint density at radius 3 is 2.43 bits per heavy atom. The lowest BCUT2D eigenvalue weighted by Crippen LogP contribution is -2.54. The maximum absolute atomic E-state index is 15.0. The van der Waals surface area contributed by atoms with Gasteiger partial charge in [-0.3, -0.25) is 0 Å². The third-order valence-electron chi connectivity index (χ3n) is 6.43. The number of nitrogens with zero attached hydrogens (tertiary/aromatic N) is 3. The predicted octanol–water partition coefficient (Wildman–Crippen LogP) is 2.55. The number of quaternary nitrogens is 1. The molecule has 0 radical (unpaired) electrons. The van der Waals surface area contributed by atoms with E-state index in [2.05, 4.69) is 4.98 Å². The Hall–Kier alpha value is -1.55. The summed E-state index contributed by atoms with van der Waals surface area (Å²) in [6.07, 6.45) is 3.44. The van der Waals surface area contributed by atoms with Crippen molar-refractivity contribution in [1.82, 2.24) is 9.47 Å². The van der Waals surface area contributed by atoms with Gasteiger partial charge in [0, 0.05) is 6.61 Å². The molecule has 0 spiro atoms. The molecule has 3 aliphatic heterocycles. The van der Waals surface area contributed by atoms with E-state index in [0.717, 1.165) is 25.5 Å². The van der Waals surface area contributed by atoms with E-state index in [1.165, 1.54) is 0 Å². The third-order valence-corrected chi connectivity index (χ3v) is 6.43. The molecule has 4 heterocycles. The number of rotatable bonds is 2. The van der Waals surface area contributed by atoms with Crippen LogP contribution < -0.4 is 14.8 Å².